The van der Waals surface area contributed by atoms with Crippen molar-refractivity contribution < 1.29 is 13.2 Å². The van der Waals surface area contributed by atoms with Gasteiger partial charge < -0.3 is 5.32 Å². The summed E-state index contributed by atoms with van der Waals surface area (Å²) in [6.45, 7) is 5.43. The molecule has 0 radical (unpaired) electrons. The number of amides is 1. The second-order valence-corrected chi connectivity index (χ2v) is 8.17. The van der Waals surface area contributed by atoms with Crippen LogP contribution < -0.4 is 10.0 Å². The molecule has 0 fully saturated rings. The van der Waals surface area contributed by atoms with Crippen molar-refractivity contribution in [3.8, 4) is 0 Å². The van der Waals surface area contributed by atoms with Gasteiger partial charge in [0.15, 0.2) is 0 Å². The highest BCUT2D eigenvalue weighted by atomic mass is 32.2. The predicted octanol–water partition coefficient (Wildman–Crippen LogP) is 2.76. The smallest absolute Gasteiger partial charge is 0.251 e. The molecule has 7 heteroatoms. The molecule has 0 spiro atoms. The van der Waals surface area contributed by atoms with Crippen molar-refractivity contribution in [2.75, 3.05) is 7.05 Å². The van der Waals surface area contributed by atoms with Gasteiger partial charge >= 0.3 is 0 Å². The topological polar surface area (TPSA) is 75.3 Å². The van der Waals surface area contributed by atoms with E-state index < -0.39 is 10.0 Å². The van der Waals surface area contributed by atoms with Gasteiger partial charge in [0.25, 0.3) is 5.91 Å². The monoisotopic (exact) mass is 352 g/mol. The van der Waals surface area contributed by atoms with Crippen molar-refractivity contribution in [1.82, 2.24) is 10.0 Å². The van der Waals surface area contributed by atoms with Gasteiger partial charge in [0.1, 0.15) is 0 Å². The van der Waals surface area contributed by atoms with Crippen LogP contribution in [0.2, 0.25) is 0 Å². The summed E-state index contributed by atoms with van der Waals surface area (Å²) < 4.78 is 26.5. The number of hydrogen-bond donors (Lipinski definition) is 2. The summed E-state index contributed by atoms with van der Waals surface area (Å²) in [5.74, 6) is -0.290. The van der Waals surface area contributed by atoms with Crippen LogP contribution in [0.1, 0.15) is 39.3 Å². The van der Waals surface area contributed by atoms with E-state index in [2.05, 4.69) is 10.0 Å². The lowest BCUT2D eigenvalue weighted by Crippen LogP contribution is -2.27. The number of benzene rings is 1. The number of sulfonamides is 1. The van der Waals surface area contributed by atoms with Crippen molar-refractivity contribution in [3.05, 3.63) is 51.2 Å². The van der Waals surface area contributed by atoms with Gasteiger partial charge in [-0.25, -0.2) is 13.1 Å². The lowest BCUT2D eigenvalue weighted by molar-refractivity contribution is 0.0940. The minimum Gasteiger partial charge on any atom is -0.345 e. The van der Waals surface area contributed by atoms with E-state index in [4.69, 9.17) is 0 Å². The number of carbonyl (C=O) groups excluding carboxylic acids is 1. The number of hydrogen-bond acceptors (Lipinski definition) is 4. The zero-order chi connectivity index (χ0) is 17.2. The molecule has 2 aromatic rings. The lowest BCUT2D eigenvalue weighted by Gasteiger charge is -2.15. The van der Waals surface area contributed by atoms with Gasteiger partial charge in [-0.3, -0.25) is 4.79 Å². The Balaban J connectivity index is 2.35. The summed E-state index contributed by atoms with van der Waals surface area (Å²) in [4.78, 5) is 13.6. The molecule has 1 amide bonds. The van der Waals surface area contributed by atoms with Crippen molar-refractivity contribution in [1.29, 1.82) is 0 Å². The first-order valence-corrected chi connectivity index (χ1v) is 9.51. The molecule has 0 saturated carbocycles. The van der Waals surface area contributed by atoms with Gasteiger partial charge in [-0.2, -0.15) is 0 Å². The Morgan fingerprint density at radius 3 is 2.52 bits per heavy atom. The van der Waals surface area contributed by atoms with Crippen LogP contribution >= 0.6 is 11.3 Å². The normalized spacial score (nSPS) is 12.9. The van der Waals surface area contributed by atoms with Crippen LogP contribution in [0.5, 0.6) is 0 Å². The average molecular weight is 352 g/mol. The predicted molar refractivity (Wildman–Crippen MR) is 92.4 cm³/mol. The minimum atomic E-state index is -3.61. The van der Waals surface area contributed by atoms with Crippen molar-refractivity contribution >= 4 is 27.3 Å². The summed E-state index contributed by atoms with van der Waals surface area (Å²) in [6, 6.07) is 6.88. The molecule has 1 heterocycles. The molecular formula is C16H20N2O3S2. The average Bonchev–Trinajstić information content (AvgIpc) is 3.03. The number of aryl methyl sites for hydroxylation is 1. The summed E-state index contributed by atoms with van der Waals surface area (Å²) >= 11 is 1.56. The fourth-order valence-corrected chi connectivity index (χ4v) is 4.04. The molecule has 0 unspecified atom stereocenters. The van der Waals surface area contributed by atoms with E-state index in [0.717, 1.165) is 10.4 Å². The fourth-order valence-electron chi connectivity index (χ4n) is 2.24. The first kappa shape index (κ1) is 17.7. The zero-order valence-corrected chi connectivity index (χ0v) is 15.1. The highest BCUT2D eigenvalue weighted by molar-refractivity contribution is 7.89. The molecule has 2 rings (SSSR count). The van der Waals surface area contributed by atoms with Crippen LogP contribution in [0, 0.1) is 13.8 Å². The Labute approximate surface area is 140 Å². The second kappa shape index (κ2) is 6.82. The Hall–Kier alpha value is -1.70. The summed E-state index contributed by atoms with van der Waals surface area (Å²) in [7, 11) is -2.25. The van der Waals surface area contributed by atoms with Crippen LogP contribution in [0.4, 0.5) is 0 Å². The maximum absolute atomic E-state index is 12.5. The van der Waals surface area contributed by atoms with E-state index in [0.29, 0.717) is 11.1 Å². The molecule has 1 aromatic heterocycles. The number of carbonyl (C=O) groups is 1. The summed E-state index contributed by atoms with van der Waals surface area (Å²) in [5, 5.41) is 4.85. The molecule has 1 aromatic carbocycles. The van der Waals surface area contributed by atoms with E-state index >= 15 is 0 Å². The largest absolute Gasteiger partial charge is 0.345 e. The van der Waals surface area contributed by atoms with Crippen LogP contribution in [0.25, 0.3) is 0 Å². The molecule has 0 bridgehead atoms. The van der Waals surface area contributed by atoms with Gasteiger partial charge in [0.05, 0.1) is 10.9 Å². The Bertz CT molecular complexity index is 812. The van der Waals surface area contributed by atoms with Crippen LogP contribution in [0.15, 0.2) is 34.5 Å². The molecule has 2 N–H and O–H groups in total. The molecule has 1 atom stereocenters. The molecule has 0 saturated heterocycles. The lowest BCUT2D eigenvalue weighted by atomic mass is 10.1. The number of rotatable bonds is 5. The zero-order valence-electron chi connectivity index (χ0n) is 13.5. The molecule has 23 heavy (non-hydrogen) atoms. The van der Waals surface area contributed by atoms with Gasteiger partial charge in [0, 0.05) is 10.4 Å². The first-order valence-electron chi connectivity index (χ1n) is 7.15. The highest BCUT2D eigenvalue weighted by Gasteiger charge is 2.20. The molecule has 0 aliphatic rings. The van der Waals surface area contributed by atoms with Crippen molar-refractivity contribution in [2.24, 2.45) is 0 Å². The third-order valence-corrected chi connectivity index (χ3v) is 6.35. The van der Waals surface area contributed by atoms with E-state index in [-0.39, 0.29) is 16.8 Å². The summed E-state index contributed by atoms with van der Waals surface area (Å²) in [6.07, 6.45) is 0. The van der Waals surface area contributed by atoms with E-state index in [1.54, 1.807) is 31.3 Å². The fraction of sp³-hybridized carbons (Fsp3) is 0.312. The van der Waals surface area contributed by atoms with Crippen molar-refractivity contribution in [2.45, 2.75) is 31.7 Å². The standard InChI is InChI=1S/C16H20N2O3S2/c1-10-8-13(9-15(11(10)2)23(20,21)17-4)16(19)18-12(3)14-6-5-7-22-14/h5-9,12,17H,1-4H3,(H,18,19)/t12-/m1/s1. The van der Waals surface area contributed by atoms with Gasteiger partial charge in [-0.1, -0.05) is 6.07 Å². The van der Waals surface area contributed by atoms with Gasteiger partial charge in [-0.05, 0) is 62.5 Å². The third-order valence-electron chi connectivity index (χ3n) is 3.76. The Morgan fingerprint density at radius 2 is 1.96 bits per heavy atom. The summed E-state index contributed by atoms with van der Waals surface area (Å²) in [5.41, 5.74) is 1.74. The van der Waals surface area contributed by atoms with Crippen molar-refractivity contribution in [3.63, 3.8) is 0 Å². The number of thiophene rings is 1. The highest BCUT2D eigenvalue weighted by Crippen LogP contribution is 2.22. The van der Waals surface area contributed by atoms with E-state index in [1.165, 1.54) is 13.1 Å². The molecule has 124 valence electrons. The molecule has 5 nitrogen and oxygen atoms in total. The third kappa shape index (κ3) is 3.80. The van der Waals surface area contributed by atoms with Crippen LogP contribution in [0.3, 0.4) is 0 Å². The van der Waals surface area contributed by atoms with Crippen LogP contribution in [-0.4, -0.2) is 21.4 Å². The van der Waals surface area contributed by atoms with Gasteiger partial charge in [-0.15, -0.1) is 11.3 Å². The second-order valence-electron chi connectivity index (χ2n) is 5.33. The molecule has 0 aliphatic heterocycles. The van der Waals surface area contributed by atoms with Gasteiger partial charge in [0.2, 0.25) is 10.0 Å². The Morgan fingerprint density at radius 1 is 1.26 bits per heavy atom. The molecular weight excluding hydrogens is 332 g/mol. The van der Waals surface area contributed by atoms with E-state index in [1.807, 2.05) is 24.4 Å². The maximum Gasteiger partial charge on any atom is 0.251 e. The Kier molecular flexibility index (Phi) is 5.23. The quantitative estimate of drug-likeness (QED) is 0.869. The van der Waals surface area contributed by atoms with Crippen LogP contribution in [-0.2, 0) is 10.0 Å². The van der Waals surface area contributed by atoms with E-state index in [9.17, 15) is 13.2 Å². The minimum absolute atomic E-state index is 0.131. The maximum atomic E-state index is 12.5. The molecule has 0 aliphatic carbocycles. The number of nitrogens with one attached hydrogen (secondary N) is 2. The SMILES string of the molecule is CNS(=O)(=O)c1cc(C(=O)N[C@H](C)c2cccs2)cc(C)c1C. The first-order chi connectivity index (χ1) is 10.8.